The number of nitrogens with zero attached hydrogens (tertiary/aromatic N) is 6. The molecule has 174 valence electrons. The minimum atomic E-state index is -0.843. The third-order valence-electron chi connectivity index (χ3n) is 4.98. The van der Waals surface area contributed by atoms with Crippen LogP contribution < -0.4 is 15.5 Å². The molecule has 1 amide bonds. The first-order chi connectivity index (χ1) is 16.9. The third-order valence-corrected chi connectivity index (χ3v) is 4.98. The molecule has 0 radical (unpaired) electrons. The topological polar surface area (TPSA) is 116 Å². The van der Waals surface area contributed by atoms with Crippen molar-refractivity contribution in [2.75, 3.05) is 5.32 Å². The Morgan fingerprint density at radius 2 is 1.83 bits per heavy atom. The number of benzene rings is 2. The Morgan fingerprint density at radius 3 is 2.60 bits per heavy atom. The zero-order valence-corrected chi connectivity index (χ0v) is 18.0. The highest BCUT2D eigenvalue weighted by molar-refractivity contribution is 6.02. The predicted octanol–water partition coefficient (Wildman–Crippen LogP) is 3.30. The number of aromatic nitrogens is 6. The van der Waals surface area contributed by atoms with E-state index >= 15 is 0 Å². The highest BCUT2D eigenvalue weighted by Gasteiger charge is 2.17. The van der Waals surface area contributed by atoms with E-state index < -0.39 is 28.7 Å². The first-order valence-corrected chi connectivity index (χ1v) is 10.2. The van der Waals surface area contributed by atoms with E-state index in [1.807, 2.05) is 0 Å². The fraction of sp³-hybridized carbons (Fsp3) is 0.0435. The number of hydrogen-bond donors (Lipinski definition) is 1. The van der Waals surface area contributed by atoms with Crippen LogP contribution in [0.25, 0.3) is 11.3 Å². The van der Waals surface area contributed by atoms with Gasteiger partial charge < -0.3 is 10.1 Å². The summed E-state index contributed by atoms with van der Waals surface area (Å²) in [6.45, 7) is 1.75. The predicted molar refractivity (Wildman–Crippen MR) is 120 cm³/mol. The van der Waals surface area contributed by atoms with E-state index in [9.17, 15) is 18.4 Å². The maximum atomic E-state index is 14.7. The van der Waals surface area contributed by atoms with Crippen LogP contribution in [0.2, 0.25) is 0 Å². The summed E-state index contributed by atoms with van der Waals surface area (Å²) in [4.78, 5) is 29.0. The molecule has 0 atom stereocenters. The number of ether oxygens (including phenoxy) is 1. The molecule has 3 aromatic heterocycles. The second kappa shape index (κ2) is 8.74. The average Bonchev–Trinajstić information content (AvgIpc) is 3.23. The third kappa shape index (κ3) is 4.31. The number of rotatable bonds is 5. The van der Waals surface area contributed by atoms with Crippen molar-refractivity contribution in [3.8, 4) is 17.3 Å². The van der Waals surface area contributed by atoms with E-state index in [4.69, 9.17) is 4.74 Å². The van der Waals surface area contributed by atoms with Gasteiger partial charge in [0.15, 0.2) is 17.3 Å². The van der Waals surface area contributed by atoms with Crippen LogP contribution in [0.5, 0.6) is 11.6 Å². The molecule has 0 fully saturated rings. The molecule has 5 rings (SSSR count). The molecule has 0 unspecified atom stereocenters. The zero-order chi connectivity index (χ0) is 24.5. The molecule has 1 N–H and O–H groups in total. The second-order valence-electron chi connectivity index (χ2n) is 7.32. The highest BCUT2D eigenvalue weighted by Crippen LogP contribution is 2.27. The Balaban J connectivity index is 1.37. The highest BCUT2D eigenvalue weighted by atomic mass is 19.1. The van der Waals surface area contributed by atoms with Crippen LogP contribution in [-0.4, -0.2) is 35.3 Å². The molecule has 10 nitrogen and oxygen atoms in total. The first-order valence-electron chi connectivity index (χ1n) is 10.2. The van der Waals surface area contributed by atoms with Crippen molar-refractivity contribution in [3.05, 3.63) is 100 Å². The molecule has 35 heavy (non-hydrogen) atoms. The Morgan fingerprint density at radius 1 is 1.03 bits per heavy atom. The van der Waals surface area contributed by atoms with Crippen molar-refractivity contribution in [3.63, 3.8) is 0 Å². The van der Waals surface area contributed by atoms with Gasteiger partial charge in [0.2, 0.25) is 11.1 Å². The standard InChI is InChI=1S/C23H15F2N7O3/c1-13-28-29-21-23(26-9-11-31(13)21)35-19-7-4-15(12-17(19)25)27-22(34)20-18(33)8-10-32(30-20)16-5-2-14(24)3-6-16/h2-12H,1H3,(H,27,34). The van der Waals surface area contributed by atoms with Crippen molar-refractivity contribution in [2.24, 2.45) is 0 Å². The lowest BCUT2D eigenvalue weighted by molar-refractivity contribution is 0.101. The first kappa shape index (κ1) is 21.8. The molecule has 2 aromatic carbocycles. The number of carbonyl (C=O) groups is 1. The summed E-state index contributed by atoms with van der Waals surface area (Å²) in [6, 6.07) is 10.2. The molecule has 5 aromatic rings. The summed E-state index contributed by atoms with van der Waals surface area (Å²) in [5, 5.41) is 14.4. The average molecular weight is 475 g/mol. The SMILES string of the molecule is Cc1nnc2c(Oc3ccc(NC(=O)c4nn(-c5ccc(F)cc5)ccc4=O)cc3F)nccn12. The minimum Gasteiger partial charge on any atom is -0.433 e. The van der Waals surface area contributed by atoms with Gasteiger partial charge in [0.1, 0.15) is 11.6 Å². The number of anilines is 1. The number of amides is 1. The summed E-state index contributed by atoms with van der Waals surface area (Å²) in [6.07, 6.45) is 4.47. The zero-order valence-electron chi connectivity index (χ0n) is 18.0. The van der Waals surface area contributed by atoms with Crippen LogP contribution in [0.15, 0.2) is 71.9 Å². The normalized spacial score (nSPS) is 10.9. The van der Waals surface area contributed by atoms with E-state index in [0.717, 1.165) is 12.1 Å². The molecular formula is C23H15F2N7O3. The molecule has 0 bridgehead atoms. The number of fused-ring (bicyclic) bond motifs is 1. The number of halogens is 2. The molecular weight excluding hydrogens is 460 g/mol. The maximum Gasteiger partial charge on any atom is 0.280 e. The smallest absolute Gasteiger partial charge is 0.280 e. The van der Waals surface area contributed by atoms with E-state index in [-0.39, 0.29) is 17.3 Å². The summed E-state index contributed by atoms with van der Waals surface area (Å²) in [7, 11) is 0. The van der Waals surface area contributed by atoms with Crippen molar-refractivity contribution in [2.45, 2.75) is 6.92 Å². The van der Waals surface area contributed by atoms with Gasteiger partial charge in [-0.05, 0) is 43.3 Å². The van der Waals surface area contributed by atoms with E-state index in [2.05, 4.69) is 25.6 Å². The van der Waals surface area contributed by atoms with Crippen LogP contribution >= 0.6 is 0 Å². The van der Waals surface area contributed by atoms with E-state index in [1.165, 1.54) is 53.5 Å². The second-order valence-corrected chi connectivity index (χ2v) is 7.32. The minimum absolute atomic E-state index is 0.0543. The number of carbonyl (C=O) groups excluding carboxylic acids is 1. The Hall–Kier alpha value is -5.00. The monoisotopic (exact) mass is 475 g/mol. The summed E-state index contributed by atoms with van der Waals surface area (Å²) >= 11 is 0. The lowest BCUT2D eigenvalue weighted by atomic mass is 10.2. The van der Waals surface area contributed by atoms with Crippen LogP contribution in [0.1, 0.15) is 16.3 Å². The van der Waals surface area contributed by atoms with Crippen LogP contribution in [0.3, 0.4) is 0 Å². The van der Waals surface area contributed by atoms with Gasteiger partial charge in [-0.3, -0.25) is 14.0 Å². The summed E-state index contributed by atoms with van der Waals surface area (Å²) in [5.41, 5.74) is -0.226. The van der Waals surface area contributed by atoms with Crippen molar-refractivity contribution < 1.29 is 18.3 Å². The Labute approximate surface area is 195 Å². The van der Waals surface area contributed by atoms with Crippen molar-refractivity contribution in [1.29, 1.82) is 0 Å². The van der Waals surface area contributed by atoms with Crippen LogP contribution in [0.4, 0.5) is 14.5 Å². The molecule has 0 aliphatic rings. The van der Waals surface area contributed by atoms with Gasteiger partial charge in [-0.15, -0.1) is 10.2 Å². The largest absolute Gasteiger partial charge is 0.433 e. The molecule has 0 saturated heterocycles. The summed E-state index contributed by atoms with van der Waals surface area (Å²) in [5.74, 6) is -1.55. The van der Waals surface area contributed by atoms with Gasteiger partial charge in [-0.1, -0.05) is 0 Å². The Bertz CT molecular complexity index is 1630. The van der Waals surface area contributed by atoms with E-state index in [1.54, 1.807) is 17.5 Å². The maximum absolute atomic E-state index is 14.7. The molecule has 3 heterocycles. The molecule has 0 aliphatic carbocycles. The number of nitrogens with one attached hydrogen (secondary N) is 1. The number of hydrogen-bond acceptors (Lipinski definition) is 7. The van der Waals surface area contributed by atoms with Crippen LogP contribution in [-0.2, 0) is 0 Å². The van der Waals surface area contributed by atoms with Gasteiger partial charge in [0, 0.05) is 36.4 Å². The van der Waals surface area contributed by atoms with Gasteiger partial charge in [-0.25, -0.2) is 18.4 Å². The fourth-order valence-electron chi connectivity index (χ4n) is 3.25. The van der Waals surface area contributed by atoms with Gasteiger partial charge in [0.05, 0.1) is 5.69 Å². The van der Waals surface area contributed by atoms with Crippen molar-refractivity contribution >= 4 is 17.2 Å². The molecule has 0 spiro atoms. The van der Waals surface area contributed by atoms with Crippen molar-refractivity contribution in [1.82, 2.24) is 29.4 Å². The van der Waals surface area contributed by atoms with E-state index in [0.29, 0.717) is 17.2 Å². The fourth-order valence-corrected chi connectivity index (χ4v) is 3.25. The van der Waals surface area contributed by atoms with Gasteiger partial charge in [0.25, 0.3) is 11.8 Å². The lowest BCUT2D eigenvalue weighted by Gasteiger charge is -2.10. The van der Waals surface area contributed by atoms with Crippen LogP contribution in [0, 0.1) is 18.6 Å². The lowest BCUT2D eigenvalue weighted by Crippen LogP contribution is -2.25. The molecule has 12 heteroatoms. The molecule has 0 saturated carbocycles. The van der Waals surface area contributed by atoms with Gasteiger partial charge >= 0.3 is 0 Å². The number of aryl methyl sites for hydroxylation is 1. The summed E-state index contributed by atoms with van der Waals surface area (Å²) < 4.78 is 36.4. The van der Waals surface area contributed by atoms with Gasteiger partial charge in [-0.2, -0.15) is 5.10 Å². The Kier molecular flexibility index (Phi) is 5.45. The quantitative estimate of drug-likeness (QED) is 0.415. The molecule has 0 aliphatic heterocycles.